The minimum absolute atomic E-state index is 0.0246. The van der Waals surface area contributed by atoms with Crippen molar-refractivity contribution in [3.8, 4) is 0 Å². The summed E-state index contributed by atoms with van der Waals surface area (Å²) >= 11 is 0. The number of carbonyl (C=O) groups is 2. The summed E-state index contributed by atoms with van der Waals surface area (Å²) in [6.45, 7) is 9.73. The van der Waals surface area contributed by atoms with E-state index in [0.29, 0.717) is 17.8 Å². The summed E-state index contributed by atoms with van der Waals surface area (Å²) in [4.78, 5) is 23.9. The van der Waals surface area contributed by atoms with Crippen LogP contribution in [0, 0.1) is 34.5 Å². The zero-order valence-electron chi connectivity index (χ0n) is 18.1. The van der Waals surface area contributed by atoms with Gasteiger partial charge in [0.25, 0.3) is 0 Å². The Morgan fingerprint density at radius 1 is 1.14 bits per heavy atom. The van der Waals surface area contributed by atoms with Crippen molar-refractivity contribution in [2.45, 2.75) is 91.3 Å². The molecule has 0 aromatic carbocycles. The fourth-order valence-electron chi connectivity index (χ4n) is 8.05. The monoisotopic (exact) mass is 388 g/mol. The average molecular weight is 389 g/mol. The highest BCUT2D eigenvalue weighted by atomic mass is 16.5. The second-order valence-electron chi connectivity index (χ2n) is 10.6. The fraction of sp³-hybridized carbons (Fsp3) is 0.833. The van der Waals surface area contributed by atoms with Gasteiger partial charge >= 0.3 is 5.97 Å². The third-order valence-electron chi connectivity index (χ3n) is 9.51. The van der Waals surface area contributed by atoms with Crippen molar-refractivity contribution in [3.05, 3.63) is 11.6 Å². The molecule has 0 aliphatic heterocycles. The van der Waals surface area contributed by atoms with E-state index in [-0.39, 0.29) is 34.6 Å². The van der Waals surface area contributed by atoms with Crippen molar-refractivity contribution >= 4 is 11.8 Å². The van der Waals surface area contributed by atoms with Gasteiger partial charge in [0.15, 0.2) is 5.78 Å². The lowest BCUT2D eigenvalue weighted by atomic mass is 9.46. The topological polar surface area (TPSA) is 63.6 Å². The van der Waals surface area contributed by atoms with Crippen molar-refractivity contribution in [1.82, 2.24) is 0 Å². The number of aliphatic hydroxyl groups is 1. The van der Waals surface area contributed by atoms with Crippen LogP contribution in [0.2, 0.25) is 0 Å². The molecule has 28 heavy (non-hydrogen) atoms. The summed E-state index contributed by atoms with van der Waals surface area (Å²) in [5.41, 5.74) is 0.153. The lowest BCUT2D eigenvalue weighted by molar-refractivity contribution is -0.165. The Labute approximate surface area is 169 Å². The zero-order chi connectivity index (χ0) is 20.5. The molecule has 0 unspecified atom stereocenters. The summed E-state index contributed by atoms with van der Waals surface area (Å²) in [6.07, 6.45) is 9.29. The van der Waals surface area contributed by atoms with Crippen LogP contribution in [0.3, 0.4) is 0 Å². The number of hydrogen-bond donors (Lipinski definition) is 1. The van der Waals surface area contributed by atoms with Gasteiger partial charge in [-0.1, -0.05) is 32.4 Å². The van der Waals surface area contributed by atoms with Crippen LogP contribution in [-0.4, -0.2) is 28.6 Å². The molecule has 4 aliphatic carbocycles. The van der Waals surface area contributed by atoms with Gasteiger partial charge in [0.2, 0.25) is 0 Å². The van der Waals surface area contributed by atoms with Gasteiger partial charge in [0.1, 0.15) is 11.7 Å². The average Bonchev–Trinajstić information content (AvgIpc) is 2.83. The number of hydrogen-bond acceptors (Lipinski definition) is 4. The smallest absolute Gasteiger partial charge is 0.302 e. The lowest BCUT2D eigenvalue weighted by Crippen LogP contribution is -2.58. The van der Waals surface area contributed by atoms with Gasteiger partial charge in [0, 0.05) is 18.8 Å². The molecule has 4 aliphatic rings. The van der Waals surface area contributed by atoms with Gasteiger partial charge in [-0.2, -0.15) is 0 Å². The first-order valence-corrected chi connectivity index (χ1v) is 11.1. The van der Waals surface area contributed by atoms with E-state index in [9.17, 15) is 14.7 Å². The van der Waals surface area contributed by atoms with Crippen LogP contribution in [0.4, 0.5) is 0 Å². The highest BCUT2D eigenvalue weighted by Gasteiger charge is 2.67. The van der Waals surface area contributed by atoms with Crippen LogP contribution < -0.4 is 0 Å². The number of Topliss-reactive ketones (excluding diaryl/α,β-unsaturated/α-hetero) is 1. The van der Waals surface area contributed by atoms with Gasteiger partial charge < -0.3 is 9.84 Å². The maximum Gasteiger partial charge on any atom is 0.302 e. The first-order chi connectivity index (χ1) is 13.0. The SMILES string of the molecule is CC(=O)O[C@@H]1CC[C@@]2(C)C(=CC[C@@H]3[C@H]2CC[C@@]2(C)[C@@H]3C[C@@H](C)[C@]2(O)C(C)=O)C1. The molecular formula is C24H36O4. The molecule has 0 amide bonds. The van der Waals surface area contributed by atoms with E-state index in [1.807, 2.05) is 0 Å². The molecule has 8 atom stereocenters. The number of carbonyl (C=O) groups excluding carboxylic acids is 2. The maximum absolute atomic E-state index is 12.5. The first kappa shape index (κ1) is 20.1. The molecule has 0 aromatic heterocycles. The number of ketones is 1. The largest absolute Gasteiger partial charge is 0.462 e. The second kappa shape index (κ2) is 6.42. The van der Waals surface area contributed by atoms with Crippen molar-refractivity contribution in [2.75, 3.05) is 0 Å². The summed E-state index contributed by atoms with van der Waals surface area (Å²) < 4.78 is 5.52. The minimum atomic E-state index is -1.18. The Bertz CT molecular complexity index is 726. The molecule has 4 heteroatoms. The van der Waals surface area contributed by atoms with E-state index < -0.39 is 5.60 Å². The molecule has 4 rings (SSSR count). The standard InChI is InChI=1S/C24H36O4/c1-14-12-21-19-7-6-17-13-18(28-16(3)26)8-10-22(17,4)20(19)9-11-23(21,5)24(14,27)15(2)25/h6,14,18-21,27H,7-13H2,1-5H3/t14-,18-,19-,20-,21-,22+,23+,24+/m1/s1. The van der Waals surface area contributed by atoms with Gasteiger partial charge in [-0.25, -0.2) is 0 Å². The third-order valence-corrected chi connectivity index (χ3v) is 9.51. The lowest BCUT2D eigenvalue weighted by Gasteiger charge is -2.58. The van der Waals surface area contributed by atoms with Gasteiger partial charge in [-0.15, -0.1) is 0 Å². The Hall–Kier alpha value is -1.16. The van der Waals surface area contributed by atoms with Crippen molar-refractivity contribution in [2.24, 2.45) is 34.5 Å². The van der Waals surface area contributed by atoms with Gasteiger partial charge in [0.05, 0.1) is 0 Å². The van der Waals surface area contributed by atoms with Crippen LogP contribution in [0.5, 0.6) is 0 Å². The Morgan fingerprint density at radius 2 is 1.86 bits per heavy atom. The fourth-order valence-corrected chi connectivity index (χ4v) is 8.05. The summed E-state index contributed by atoms with van der Waals surface area (Å²) in [5, 5.41) is 11.5. The zero-order valence-corrected chi connectivity index (χ0v) is 18.1. The van der Waals surface area contributed by atoms with Crippen LogP contribution in [0.15, 0.2) is 11.6 Å². The Kier molecular flexibility index (Phi) is 4.61. The summed E-state index contributed by atoms with van der Waals surface area (Å²) in [6, 6.07) is 0. The molecule has 0 heterocycles. The van der Waals surface area contributed by atoms with E-state index in [4.69, 9.17) is 4.74 Å². The van der Waals surface area contributed by atoms with E-state index >= 15 is 0 Å². The molecule has 3 fully saturated rings. The maximum atomic E-state index is 12.5. The van der Waals surface area contributed by atoms with Crippen LogP contribution in [0.25, 0.3) is 0 Å². The Balaban J connectivity index is 1.64. The normalized spacial score (nSPS) is 50.1. The first-order valence-electron chi connectivity index (χ1n) is 11.1. The number of fused-ring (bicyclic) bond motifs is 5. The molecular weight excluding hydrogens is 352 g/mol. The van der Waals surface area contributed by atoms with E-state index in [1.165, 1.54) is 12.5 Å². The molecule has 0 radical (unpaired) electrons. The predicted molar refractivity (Wildman–Crippen MR) is 107 cm³/mol. The molecule has 3 saturated carbocycles. The van der Waals surface area contributed by atoms with Crippen LogP contribution in [-0.2, 0) is 14.3 Å². The number of ether oxygens (including phenoxy) is 1. The number of allylic oxidation sites excluding steroid dienone is 1. The van der Waals surface area contributed by atoms with Gasteiger partial charge in [-0.05, 0) is 74.5 Å². The summed E-state index contributed by atoms with van der Waals surface area (Å²) in [5.74, 6) is 1.33. The molecule has 0 saturated heterocycles. The molecule has 0 spiro atoms. The van der Waals surface area contributed by atoms with Crippen molar-refractivity contribution in [3.63, 3.8) is 0 Å². The number of rotatable bonds is 2. The quantitative estimate of drug-likeness (QED) is 0.561. The molecule has 1 N–H and O–H groups in total. The van der Waals surface area contributed by atoms with Crippen LogP contribution in [0.1, 0.15) is 79.6 Å². The molecule has 4 nitrogen and oxygen atoms in total. The van der Waals surface area contributed by atoms with Crippen molar-refractivity contribution < 1.29 is 19.4 Å². The van der Waals surface area contributed by atoms with E-state index in [0.717, 1.165) is 44.9 Å². The van der Waals surface area contributed by atoms with E-state index in [1.54, 1.807) is 6.92 Å². The molecule has 156 valence electrons. The molecule has 0 bridgehead atoms. The number of esters is 1. The minimum Gasteiger partial charge on any atom is -0.462 e. The predicted octanol–water partition coefficient (Wildman–Crippen LogP) is 4.45. The van der Waals surface area contributed by atoms with Crippen molar-refractivity contribution in [1.29, 1.82) is 0 Å². The highest BCUT2D eigenvalue weighted by Crippen LogP contribution is 2.68. The van der Waals surface area contributed by atoms with Gasteiger partial charge in [-0.3, -0.25) is 9.59 Å². The third kappa shape index (κ3) is 2.52. The highest BCUT2D eigenvalue weighted by molar-refractivity contribution is 5.86. The van der Waals surface area contributed by atoms with Crippen LogP contribution >= 0.6 is 0 Å². The summed E-state index contributed by atoms with van der Waals surface area (Å²) in [7, 11) is 0. The Morgan fingerprint density at radius 3 is 2.50 bits per heavy atom. The molecule has 0 aromatic rings. The second-order valence-corrected chi connectivity index (χ2v) is 10.6. The van der Waals surface area contributed by atoms with E-state index in [2.05, 4.69) is 26.8 Å².